The van der Waals surface area contributed by atoms with Crippen molar-refractivity contribution in [3.8, 4) is 0 Å². The van der Waals surface area contributed by atoms with E-state index in [4.69, 9.17) is 0 Å². The number of nitrogens with zero attached hydrogens (tertiary/aromatic N) is 3. The van der Waals surface area contributed by atoms with Gasteiger partial charge in [0.1, 0.15) is 0 Å². The molecule has 4 nitrogen and oxygen atoms in total. The van der Waals surface area contributed by atoms with Gasteiger partial charge in [0.25, 0.3) is 0 Å². The highest BCUT2D eigenvalue weighted by molar-refractivity contribution is 7.99. The van der Waals surface area contributed by atoms with Crippen molar-refractivity contribution in [2.24, 2.45) is 0 Å². The molecule has 0 aliphatic carbocycles. The minimum Gasteiger partial charge on any atom is -0.310 e. The van der Waals surface area contributed by atoms with Gasteiger partial charge in [0.2, 0.25) is 0 Å². The molecule has 1 aliphatic rings. The minimum absolute atomic E-state index is 0.270. The molecule has 1 saturated heterocycles. The number of hydrogen-bond acceptors (Lipinski definition) is 5. The first-order valence-corrected chi connectivity index (χ1v) is 6.69. The second-order valence-corrected chi connectivity index (χ2v) is 5.17. The van der Waals surface area contributed by atoms with E-state index in [2.05, 4.69) is 27.2 Å². The van der Waals surface area contributed by atoms with Gasteiger partial charge in [-0.25, -0.2) is 0 Å². The average Bonchev–Trinajstić information content (AvgIpc) is 2.34. The third kappa shape index (κ3) is 2.53. The maximum atomic E-state index is 4.40. The lowest BCUT2D eigenvalue weighted by Crippen LogP contribution is -2.47. The summed E-state index contributed by atoms with van der Waals surface area (Å²) in [4.78, 5) is 11.0. The number of aromatic nitrogens is 2. The molecule has 2 heterocycles. The molecule has 0 aromatic carbocycles. The zero-order valence-corrected chi connectivity index (χ0v) is 10.6. The molecule has 0 spiro atoms. The van der Waals surface area contributed by atoms with Crippen molar-refractivity contribution in [1.82, 2.24) is 20.2 Å². The second-order valence-electron chi connectivity index (χ2n) is 4.02. The lowest BCUT2D eigenvalue weighted by Gasteiger charge is -2.37. The standard InChI is InChI=1S/C11H18N4S/c1-12-11(9-7-13-3-4-14-9)10-8-16-6-5-15(10)2/h3-4,7,10-12H,5-6,8H2,1-2H3. The van der Waals surface area contributed by atoms with Gasteiger partial charge in [0.05, 0.1) is 17.9 Å². The van der Waals surface area contributed by atoms with Crippen LogP contribution >= 0.6 is 11.8 Å². The SMILES string of the molecule is CNC(c1cnccn1)C1CSCCN1C. The molecule has 16 heavy (non-hydrogen) atoms. The van der Waals surface area contributed by atoms with Gasteiger partial charge >= 0.3 is 0 Å². The highest BCUT2D eigenvalue weighted by atomic mass is 32.2. The van der Waals surface area contributed by atoms with Crippen molar-refractivity contribution in [2.45, 2.75) is 12.1 Å². The molecule has 2 rings (SSSR count). The van der Waals surface area contributed by atoms with E-state index in [9.17, 15) is 0 Å². The fourth-order valence-electron chi connectivity index (χ4n) is 2.06. The van der Waals surface area contributed by atoms with Crippen LogP contribution in [-0.4, -0.2) is 53.1 Å². The Kier molecular flexibility index (Phi) is 4.15. The van der Waals surface area contributed by atoms with Crippen molar-refractivity contribution in [3.63, 3.8) is 0 Å². The normalized spacial score (nSPS) is 24.2. The summed E-state index contributed by atoms with van der Waals surface area (Å²) in [7, 11) is 4.18. The molecule has 88 valence electrons. The van der Waals surface area contributed by atoms with Crippen LogP contribution in [0.3, 0.4) is 0 Å². The zero-order chi connectivity index (χ0) is 11.4. The Morgan fingerprint density at radius 2 is 2.44 bits per heavy atom. The van der Waals surface area contributed by atoms with Crippen LogP contribution in [-0.2, 0) is 0 Å². The molecule has 1 aromatic rings. The molecule has 1 aromatic heterocycles. The predicted octanol–water partition coefficient (Wildman–Crippen LogP) is 0.784. The van der Waals surface area contributed by atoms with Crippen LogP contribution in [0.15, 0.2) is 18.6 Å². The van der Waals surface area contributed by atoms with Gasteiger partial charge in [-0.3, -0.25) is 14.9 Å². The van der Waals surface area contributed by atoms with Gasteiger partial charge in [0, 0.05) is 36.5 Å². The second kappa shape index (κ2) is 5.61. The first kappa shape index (κ1) is 11.8. The maximum Gasteiger partial charge on any atom is 0.0772 e. The molecule has 2 unspecified atom stereocenters. The van der Waals surface area contributed by atoms with Crippen LogP contribution in [0.25, 0.3) is 0 Å². The summed E-state index contributed by atoms with van der Waals surface area (Å²) in [6.45, 7) is 1.15. The Bertz CT molecular complexity index is 319. The molecule has 0 saturated carbocycles. The quantitative estimate of drug-likeness (QED) is 0.843. The Morgan fingerprint density at radius 3 is 3.06 bits per heavy atom. The van der Waals surface area contributed by atoms with Crippen LogP contribution in [0.5, 0.6) is 0 Å². The van der Waals surface area contributed by atoms with Crippen LogP contribution in [0.2, 0.25) is 0 Å². The average molecular weight is 238 g/mol. The summed E-state index contributed by atoms with van der Waals surface area (Å²) < 4.78 is 0. The molecule has 5 heteroatoms. The fourth-order valence-corrected chi connectivity index (χ4v) is 3.34. The molecule has 0 amide bonds. The van der Waals surface area contributed by atoms with Crippen LogP contribution in [0.1, 0.15) is 11.7 Å². The third-order valence-corrected chi connectivity index (χ3v) is 4.09. The van der Waals surface area contributed by atoms with E-state index >= 15 is 0 Å². The van der Waals surface area contributed by atoms with E-state index in [0.29, 0.717) is 6.04 Å². The largest absolute Gasteiger partial charge is 0.310 e. The van der Waals surface area contributed by atoms with Crippen molar-refractivity contribution in [1.29, 1.82) is 0 Å². The molecule has 1 N–H and O–H groups in total. The number of hydrogen-bond donors (Lipinski definition) is 1. The number of thioether (sulfide) groups is 1. The smallest absolute Gasteiger partial charge is 0.0772 e. The topological polar surface area (TPSA) is 41.1 Å². The van der Waals surface area contributed by atoms with Crippen LogP contribution in [0.4, 0.5) is 0 Å². The lowest BCUT2D eigenvalue weighted by atomic mass is 10.1. The molecular weight excluding hydrogens is 220 g/mol. The van der Waals surface area contributed by atoms with Crippen molar-refractivity contribution in [3.05, 3.63) is 24.3 Å². The van der Waals surface area contributed by atoms with E-state index in [1.807, 2.05) is 25.0 Å². The third-order valence-electron chi connectivity index (χ3n) is 3.04. The van der Waals surface area contributed by atoms with Crippen molar-refractivity contribution < 1.29 is 0 Å². The Labute approximate surface area is 101 Å². The summed E-state index contributed by atoms with van der Waals surface area (Å²) >= 11 is 2.02. The van der Waals surface area contributed by atoms with Crippen LogP contribution in [0, 0.1) is 0 Å². The number of rotatable bonds is 3. The Morgan fingerprint density at radius 1 is 1.56 bits per heavy atom. The molecule has 0 bridgehead atoms. The van der Waals surface area contributed by atoms with E-state index in [1.165, 1.54) is 5.75 Å². The summed E-state index contributed by atoms with van der Waals surface area (Å²) in [5.74, 6) is 2.38. The van der Waals surface area contributed by atoms with Gasteiger partial charge < -0.3 is 5.32 Å². The van der Waals surface area contributed by atoms with Gasteiger partial charge in [-0.15, -0.1) is 0 Å². The highest BCUT2D eigenvalue weighted by Crippen LogP contribution is 2.24. The molecule has 1 fully saturated rings. The van der Waals surface area contributed by atoms with E-state index in [-0.39, 0.29) is 6.04 Å². The van der Waals surface area contributed by atoms with Gasteiger partial charge in [-0.05, 0) is 14.1 Å². The van der Waals surface area contributed by atoms with Gasteiger partial charge in [-0.2, -0.15) is 11.8 Å². The number of nitrogens with one attached hydrogen (secondary N) is 1. The number of likely N-dealkylation sites (N-methyl/N-ethyl adjacent to an activating group) is 2. The Hall–Kier alpha value is -0.650. The molecular formula is C11H18N4S. The molecule has 1 aliphatic heterocycles. The van der Waals surface area contributed by atoms with Crippen molar-refractivity contribution >= 4 is 11.8 Å². The highest BCUT2D eigenvalue weighted by Gasteiger charge is 2.28. The predicted molar refractivity (Wildman–Crippen MR) is 67.6 cm³/mol. The van der Waals surface area contributed by atoms with Crippen LogP contribution < -0.4 is 5.32 Å². The lowest BCUT2D eigenvalue weighted by molar-refractivity contribution is 0.218. The summed E-state index contributed by atoms with van der Waals surface area (Å²) in [6, 6.07) is 0.770. The first-order chi connectivity index (χ1) is 7.83. The van der Waals surface area contributed by atoms with Gasteiger partial charge in [0.15, 0.2) is 0 Å². The monoisotopic (exact) mass is 238 g/mol. The molecule has 0 radical (unpaired) electrons. The van der Waals surface area contributed by atoms with E-state index in [0.717, 1.165) is 18.0 Å². The first-order valence-electron chi connectivity index (χ1n) is 5.54. The van der Waals surface area contributed by atoms with E-state index < -0.39 is 0 Å². The maximum absolute atomic E-state index is 4.40. The van der Waals surface area contributed by atoms with Gasteiger partial charge in [-0.1, -0.05) is 0 Å². The summed E-state index contributed by atoms with van der Waals surface area (Å²) in [6.07, 6.45) is 5.33. The fraction of sp³-hybridized carbons (Fsp3) is 0.636. The van der Waals surface area contributed by atoms with Crippen molar-refractivity contribution in [2.75, 3.05) is 32.1 Å². The van der Waals surface area contributed by atoms with E-state index in [1.54, 1.807) is 12.4 Å². The summed E-state index contributed by atoms with van der Waals surface area (Å²) in [5.41, 5.74) is 1.03. The molecule has 2 atom stereocenters. The summed E-state index contributed by atoms with van der Waals surface area (Å²) in [5, 5.41) is 3.36. The Balaban J connectivity index is 2.15. The minimum atomic E-state index is 0.270. The zero-order valence-electron chi connectivity index (χ0n) is 9.76.